The van der Waals surface area contributed by atoms with Crippen LogP contribution in [0.25, 0.3) is 10.9 Å². The summed E-state index contributed by atoms with van der Waals surface area (Å²) in [6.45, 7) is 0. The first kappa shape index (κ1) is 12.0. The van der Waals surface area contributed by atoms with Crippen LogP contribution in [0.3, 0.4) is 0 Å². The number of aryl methyl sites for hydroxylation is 1. The van der Waals surface area contributed by atoms with Gasteiger partial charge in [-0.1, -0.05) is 18.2 Å². The highest BCUT2D eigenvalue weighted by Crippen LogP contribution is 2.38. The topological polar surface area (TPSA) is 38.0 Å². The van der Waals surface area contributed by atoms with Gasteiger partial charge in [0.1, 0.15) is 11.9 Å². The maximum Gasteiger partial charge on any atom is 0.143 e. The molecule has 2 aromatic carbocycles. The first-order valence-corrected chi connectivity index (χ1v) is 7.00. The van der Waals surface area contributed by atoms with E-state index in [-0.39, 0.29) is 6.10 Å². The van der Waals surface area contributed by atoms with Crippen molar-refractivity contribution in [2.75, 3.05) is 0 Å². The Kier molecular flexibility index (Phi) is 2.52. The van der Waals surface area contributed by atoms with Gasteiger partial charge in [-0.2, -0.15) is 5.26 Å². The summed E-state index contributed by atoms with van der Waals surface area (Å²) in [5.41, 5.74) is 4.19. The van der Waals surface area contributed by atoms with Crippen LogP contribution >= 0.6 is 0 Å². The smallest absolute Gasteiger partial charge is 0.143 e. The highest BCUT2D eigenvalue weighted by atomic mass is 16.5. The van der Waals surface area contributed by atoms with Gasteiger partial charge in [-0.25, -0.2) is 0 Å². The fourth-order valence-corrected chi connectivity index (χ4v) is 3.10. The lowest BCUT2D eigenvalue weighted by Crippen LogP contribution is -2.08. The molecule has 3 aromatic rings. The molecule has 0 saturated carbocycles. The van der Waals surface area contributed by atoms with Crippen LogP contribution in [0.1, 0.15) is 22.9 Å². The monoisotopic (exact) mass is 274 g/mol. The molecule has 0 saturated heterocycles. The zero-order valence-electron chi connectivity index (χ0n) is 11.7. The summed E-state index contributed by atoms with van der Waals surface area (Å²) in [6.07, 6.45) is 0.834. The first-order chi connectivity index (χ1) is 10.3. The molecule has 0 aliphatic carbocycles. The van der Waals surface area contributed by atoms with E-state index < -0.39 is 0 Å². The van der Waals surface area contributed by atoms with Crippen LogP contribution in [0, 0.1) is 11.3 Å². The normalized spacial score (nSPS) is 16.5. The van der Waals surface area contributed by atoms with Gasteiger partial charge in [0.25, 0.3) is 0 Å². The number of hydrogen-bond acceptors (Lipinski definition) is 2. The molecule has 0 fully saturated rings. The Morgan fingerprint density at radius 1 is 1.19 bits per heavy atom. The molecule has 2 heterocycles. The van der Waals surface area contributed by atoms with E-state index in [1.807, 2.05) is 18.2 Å². The number of para-hydroxylation sites is 1. The minimum Gasteiger partial charge on any atom is -0.484 e. The molecular formula is C18H14N2O. The largest absolute Gasteiger partial charge is 0.484 e. The number of ether oxygens (including phenoxy) is 1. The molecular weight excluding hydrogens is 260 g/mol. The molecule has 1 aliphatic heterocycles. The third kappa shape index (κ3) is 1.80. The minimum absolute atomic E-state index is 0.0198. The van der Waals surface area contributed by atoms with E-state index >= 15 is 0 Å². The van der Waals surface area contributed by atoms with E-state index in [0.717, 1.165) is 17.7 Å². The average molecular weight is 274 g/mol. The second-order valence-corrected chi connectivity index (χ2v) is 5.43. The van der Waals surface area contributed by atoms with E-state index in [1.54, 1.807) is 0 Å². The molecule has 1 aromatic heterocycles. The molecule has 0 N–H and O–H groups in total. The van der Waals surface area contributed by atoms with Crippen molar-refractivity contribution >= 4 is 10.9 Å². The van der Waals surface area contributed by atoms with Crippen molar-refractivity contribution in [1.82, 2.24) is 4.57 Å². The molecule has 102 valence electrons. The number of fused-ring (bicyclic) bond motifs is 2. The Morgan fingerprint density at radius 3 is 2.86 bits per heavy atom. The van der Waals surface area contributed by atoms with Gasteiger partial charge >= 0.3 is 0 Å². The van der Waals surface area contributed by atoms with Crippen molar-refractivity contribution in [1.29, 1.82) is 5.26 Å². The predicted molar refractivity (Wildman–Crippen MR) is 81.1 cm³/mol. The Hall–Kier alpha value is -2.73. The zero-order valence-corrected chi connectivity index (χ0v) is 11.7. The zero-order chi connectivity index (χ0) is 14.4. The second-order valence-electron chi connectivity index (χ2n) is 5.43. The fraction of sp³-hybridized carbons (Fsp3) is 0.167. The van der Waals surface area contributed by atoms with Crippen molar-refractivity contribution < 1.29 is 4.74 Å². The van der Waals surface area contributed by atoms with Crippen molar-refractivity contribution in [3.63, 3.8) is 0 Å². The summed E-state index contributed by atoms with van der Waals surface area (Å²) in [5, 5.41) is 10.2. The van der Waals surface area contributed by atoms with Gasteiger partial charge in [-0.05, 0) is 41.3 Å². The maximum absolute atomic E-state index is 9.00. The molecule has 0 amide bonds. The van der Waals surface area contributed by atoms with E-state index in [4.69, 9.17) is 10.00 Å². The van der Waals surface area contributed by atoms with Crippen LogP contribution in [-0.2, 0) is 13.5 Å². The Morgan fingerprint density at radius 2 is 2.05 bits per heavy atom. The van der Waals surface area contributed by atoms with Gasteiger partial charge < -0.3 is 9.30 Å². The van der Waals surface area contributed by atoms with Gasteiger partial charge in [-0.15, -0.1) is 0 Å². The van der Waals surface area contributed by atoms with E-state index in [9.17, 15) is 0 Å². The third-order valence-corrected chi connectivity index (χ3v) is 4.18. The van der Waals surface area contributed by atoms with Crippen molar-refractivity contribution in [3.8, 4) is 11.8 Å². The number of nitrogens with zero attached hydrogens (tertiary/aromatic N) is 2. The lowest BCUT2D eigenvalue weighted by atomic mass is 10.1. The van der Waals surface area contributed by atoms with Crippen LogP contribution in [0.15, 0.2) is 48.5 Å². The third-order valence-electron chi connectivity index (χ3n) is 4.18. The molecule has 1 unspecified atom stereocenters. The van der Waals surface area contributed by atoms with Crippen molar-refractivity contribution in [2.45, 2.75) is 12.5 Å². The highest BCUT2D eigenvalue weighted by molar-refractivity contribution is 5.81. The van der Waals surface area contributed by atoms with Crippen LogP contribution in [0.2, 0.25) is 0 Å². The molecule has 0 radical (unpaired) electrons. The SMILES string of the molecule is Cn1c(C2Cc3cc(C#N)ccc3O2)cc2ccccc21. The first-order valence-electron chi connectivity index (χ1n) is 7.00. The Bertz CT molecular complexity index is 886. The molecule has 21 heavy (non-hydrogen) atoms. The van der Waals surface area contributed by atoms with Crippen LogP contribution in [-0.4, -0.2) is 4.57 Å². The van der Waals surface area contributed by atoms with Crippen molar-refractivity contribution in [3.05, 3.63) is 65.4 Å². The fourth-order valence-electron chi connectivity index (χ4n) is 3.10. The number of nitriles is 1. The van der Waals surface area contributed by atoms with Crippen LogP contribution in [0.4, 0.5) is 0 Å². The molecule has 0 spiro atoms. The molecule has 4 rings (SSSR count). The van der Waals surface area contributed by atoms with Crippen LogP contribution < -0.4 is 4.74 Å². The van der Waals surface area contributed by atoms with E-state index in [1.165, 1.54) is 16.6 Å². The predicted octanol–water partition coefficient (Wildman–Crippen LogP) is 3.73. The number of rotatable bonds is 1. The molecule has 0 bridgehead atoms. The summed E-state index contributed by atoms with van der Waals surface area (Å²) in [6, 6.07) is 18.4. The molecule has 3 nitrogen and oxygen atoms in total. The van der Waals surface area contributed by atoms with Gasteiger partial charge in [0.2, 0.25) is 0 Å². The number of aromatic nitrogens is 1. The van der Waals surface area contributed by atoms with Crippen LogP contribution in [0.5, 0.6) is 5.75 Å². The molecule has 1 aliphatic rings. The maximum atomic E-state index is 9.00. The summed E-state index contributed by atoms with van der Waals surface area (Å²) < 4.78 is 8.26. The summed E-state index contributed by atoms with van der Waals surface area (Å²) >= 11 is 0. The molecule has 1 atom stereocenters. The van der Waals surface area contributed by atoms with Crippen molar-refractivity contribution in [2.24, 2.45) is 7.05 Å². The van der Waals surface area contributed by atoms with Gasteiger partial charge in [0.15, 0.2) is 0 Å². The summed E-state index contributed by atoms with van der Waals surface area (Å²) in [5.74, 6) is 0.893. The standard InChI is InChI=1S/C18H14N2O/c1-20-15-5-3-2-4-13(15)9-16(20)18-10-14-8-12(11-19)6-7-17(14)21-18/h2-9,18H,10H2,1H3. The van der Waals surface area contributed by atoms with Gasteiger partial charge in [-0.3, -0.25) is 0 Å². The average Bonchev–Trinajstić information content (AvgIpc) is 3.08. The van der Waals surface area contributed by atoms with E-state index in [2.05, 4.69) is 48.0 Å². The van der Waals surface area contributed by atoms with Gasteiger partial charge in [0, 0.05) is 19.0 Å². The number of hydrogen-bond donors (Lipinski definition) is 0. The Labute approximate surface area is 123 Å². The number of benzene rings is 2. The lowest BCUT2D eigenvalue weighted by molar-refractivity contribution is 0.230. The molecule has 3 heteroatoms. The van der Waals surface area contributed by atoms with Gasteiger partial charge in [0.05, 0.1) is 17.3 Å². The highest BCUT2D eigenvalue weighted by Gasteiger charge is 2.27. The summed E-state index contributed by atoms with van der Waals surface area (Å²) in [7, 11) is 2.07. The van der Waals surface area contributed by atoms with E-state index in [0.29, 0.717) is 5.56 Å². The second kappa shape index (κ2) is 4.39. The minimum atomic E-state index is 0.0198. The summed E-state index contributed by atoms with van der Waals surface area (Å²) in [4.78, 5) is 0. The quantitative estimate of drug-likeness (QED) is 0.678. The Balaban J connectivity index is 1.75. The lowest BCUT2D eigenvalue weighted by Gasteiger charge is -2.12.